The van der Waals surface area contributed by atoms with E-state index in [9.17, 15) is 9.90 Å². The number of aromatic nitrogens is 2. The van der Waals surface area contributed by atoms with Crippen molar-refractivity contribution in [2.75, 3.05) is 11.9 Å². The molecule has 0 saturated heterocycles. The first-order chi connectivity index (χ1) is 14.1. The molecule has 0 atom stereocenters. The van der Waals surface area contributed by atoms with Gasteiger partial charge in [0.05, 0.1) is 12.3 Å². The second-order valence-electron chi connectivity index (χ2n) is 5.99. The van der Waals surface area contributed by atoms with Crippen LogP contribution in [0, 0.1) is 0 Å². The van der Waals surface area contributed by atoms with Crippen molar-refractivity contribution in [2.45, 2.75) is 17.0 Å². The fraction of sp³-hybridized carbons (Fsp3) is 0.150. The molecule has 2 aromatic heterocycles. The van der Waals surface area contributed by atoms with E-state index in [2.05, 4.69) is 15.5 Å². The summed E-state index contributed by atoms with van der Waals surface area (Å²) in [5.41, 5.74) is 1.55. The zero-order valence-electron chi connectivity index (χ0n) is 15.4. The molecule has 2 aromatic carbocycles. The second kappa shape index (κ2) is 8.54. The summed E-state index contributed by atoms with van der Waals surface area (Å²) in [7, 11) is 0. The van der Waals surface area contributed by atoms with Gasteiger partial charge in [-0.3, -0.25) is 0 Å². The molecule has 4 rings (SSSR count). The molecule has 2 heterocycles. The molecule has 0 aliphatic rings. The lowest BCUT2D eigenvalue weighted by atomic mass is 10.1. The third kappa shape index (κ3) is 4.52. The number of thioether (sulfide) groups is 1. The smallest absolute Gasteiger partial charge is 0.336 e. The maximum absolute atomic E-state index is 11.8. The molecule has 7 nitrogen and oxygen atoms in total. The number of rotatable bonds is 7. The summed E-state index contributed by atoms with van der Waals surface area (Å²) in [6, 6.07) is 13.9. The van der Waals surface area contributed by atoms with E-state index in [1.165, 1.54) is 35.2 Å². The molecule has 0 bridgehead atoms. The second-order valence-corrected chi connectivity index (χ2v) is 8.19. The maximum atomic E-state index is 11.8. The molecule has 9 heteroatoms. The van der Waals surface area contributed by atoms with Crippen molar-refractivity contribution < 1.29 is 14.3 Å². The van der Waals surface area contributed by atoms with E-state index in [0.717, 1.165) is 26.7 Å². The number of phenolic OH excluding ortho intramolecular Hbond substituents is 1. The van der Waals surface area contributed by atoms with Gasteiger partial charge in [-0.25, -0.2) is 4.79 Å². The predicted octanol–water partition coefficient (Wildman–Crippen LogP) is 4.78. The molecular weight excluding hydrogens is 410 g/mol. The molecule has 0 aliphatic carbocycles. The van der Waals surface area contributed by atoms with Crippen LogP contribution in [-0.4, -0.2) is 21.9 Å². The van der Waals surface area contributed by atoms with Crippen LogP contribution in [0.3, 0.4) is 0 Å². The Bertz CT molecular complexity index is 1210. The van der Waals surface area contributed by atoms with E-state index in [1.54, 1.807) is 12.1 Å². The van der Waals surface area contributed by atoms with Gasteiger partial charge in [-0.1, -0.05) is 35.2 Å². The van der Waals surface area contributed by atoms with Crippen LogP contribution in [0.15, 0.2) is 62.1 Å². The number of nitrogens with one attached hydrogen (secondary N) is 1. The van der Waals surface area contributed by atoms with Crippen LogP contribution in [0.5, 0.6) is 11.5 Å². The van der Waals surface area contributed by atoms with E-state index in [1.807, 2.05) is 31.2 Å². The summed E-state index contributed by atoms with van der Waals surface area (Å²) in [5, 5.41) is 22.7. The van der Waals surface area contributed by atoms with Gasteiger partial charge in [-0.15, -0.1) is 10.2 Å². The molecule has 0 aliphatic heterocycles. The Morgan fingerprint density at radius 2 is 2.07 bits per heavy atom. The minimum atomic E-state index is -0.453. The summed E-state index contributed by atoms with van der Waals surface area (Å²) in [4.78, 5) is 11.8. The van der Waals surface area contributed by atoms with Crippen molar-refractivity contribution in [1.82, 2.24) is 10.2 Å². The highest BCUT2D eigenvalue weighted by molar-refractivity contribution is 8.00. The van der Waals surface area contributed by atoms with Crippen LogP contribution in [0.1, 0.15) is 12.5 Å². The SMILES string of the molecule is CCOc1ccccc1Nc1nnc(SCc2cc(=O)oc3cc(O)ccc23)s1. The first-order valence-electron chi connectivity index (χ1n) is 8.83. The summed E-state index contributed by atoms with van der Waals surface area (Å²) >= 11 is 2.90. The minimum Gasteiger partial charge on any atom is -0.508 e. The molecule has 29 heavy (non-hydrogen) atoms. The number of phenols is 1. The minimum absolute atomic E-state index is 0.0534. The monoisotopic (exact) mass is 427 g/mol. The molecule has 0 spiro atoms. The zero-order chi connectivity index (χ0) is 20.2. The average molecular weight is 428 g/mol. The summed E-state index contributed by atoms with van der Waals surface area (Å²) in [6.07, 6.45) is 0. The molecule has 0 fully saturated rings. The van der Waals surface area contributed by atoms with Gasteiger partial charge < -0.3 is 19.6 Å². The first-order valence-corrected chi connectivity index (χ1v) is 10.6. The van der Waals surface area contributed by atoms with E-state index >= 15 is 0 Å². The summed E-state index contributed by atoms with van der Waals surface area (Å²) in [6.45, 7) is 2.51. The standard InChI is InChI=1S/C20H17N3O4S2/c1-2-26-16-6-4-3-5-15(16)21-19-22-23-20(29-19)28-11-12-9-18(25)27-17-10-13(24)7-8-14(12)17/h3-10,24H,2,11H2,1H3,(H,21,22). The summed E-state index contributed by atoms with van der Waals surface area (Å²) in [5.74, 6) is 1.33. The number of anilines is 2. The van der Waals surface area contributed by atoms with E-state index in [4.69, 9.17) is 9.15 Å². The van der Waals surface area contributed by atoms with Gasteiger partial charge in [0.2, 0.25) is 5.13 Å². The lowest BCUT2D eigenvalue weighted by Gasteiger charge is -2.09. The predicted molar refractivity (Wildman–Crippen MR) is 115 cm³/mol. The molecule has 4 aromatic rings. The lowest BCUT2D eigenvalue weighted by molar-refractivity contribution is 0.342. The quantitative estimate of drug-likeness (QED) is 0.321. The fourth-order valence-electron chi connectivity index (χ4n) is 2.76. The van der Waals surface area contributed by atoms with Gasteiger partial charge >= 0.3 is 5.63 Å². The van der Waals surface area contributed by atoms with Gasteiger partial charge in [0.1, 0.15) is 17.1 Å². The van der Waals surface area contributed by atoms with Gasteiger partial charge in [0.25, 0.3) is 0 Å². The fourth-order valence-corrected chi connectivity index (χ4v) is 4.52. The molecular formula is C20H17N3O4S2. The number of aromatic hydroxyl groups is 1. The number of hydrogen-bond donors (Lipinski definition) is 2. The highest BCUT2D eigenvalue weighted by Crippen LogP contribution is 2.34. The van der Waals surface area contributed by atoms with Crippen LogP contribution >= 0.6 is 23.1 Å². The van der Waals surface area contributed by atoms with Crippen LogP contribution in [0.2, 0.25) is 0 Å². The first kappa shape index (κ1) is 19.3. The molecule has 148 valence electrons. The van der Waals surface area contributed by atoms with Crippen molar-refractivity contribution in [3.05, 3.63) is 64.5 Å². The molecule has 0 saturated carbocycles. The van der Waals surface area contributed by atoms with Gasteiger partial charge in [0.15, 0.2) is 4.34 Å². The highest BCUT2D eigenvalue weighted by atomic mass is 32.2. The van der Waals surface area contributed by atoms with Gasteiger partial charge in [-0.2, -0.15) is 0 Å². The maximum Gasteiger partial charge on any atom is 0.336 e. The molecule has 0 radical (unpaired) electrons. The largest absolute Gasteiger partial charge is 0.508 e. The van der Waals surface area contributed by atoms with Crippen molar-refractivity contribution in [3.63, 3.8) is 0 Å². The highest BCUT2D eigenvalue weighted by Gasteiger charge is 2.11. The van der Waals surface area contributed by atoms with Crippen LogP contribution in [-0.2, 0) is 5.75 Å². The normalized spacial score (nSPS) is 10.9. The molecule has 0 unspecified atom stereocenters. The molecule has 2 N–H and O–H groups in total. The third-order valence-corrected chi connectivity index (χ3v) is 6.02. The summed E-state index contributed by atoms with van der Waals surface area (Å²) < 4.78 is 11.5. The third-order valence-electron chi connectivity index (χ3n) is 4.00. The topological polar surface area (TPSA) is 97.5 Å². The van der Waals surface area contributed by atoms with E-state index in [0.29, 0.717) is 23.1 Å². The van der Waals surface area contributed by atoms with Crippen molar-refractivity contribution >= 4 is 44.9 Å². The van der Waals surface area contributed by atoms with E-state index < -0.39 is 5.63 Å². The van der Waals surface area contributed by atoms with Crippen molar-refractivity contribution in [3.8, 4) is 11.5 Å². The number of para-hydroxylation sites is 2. The Morgan fingerprint density at radius 3 is 2.93 bits per heavy atom. The average Bonchev–Trinajstić information content (AvgIpc) is 3.15. The van der Waals surface area contributed by atoms with Crippen LogP contribution < -0.4 is 15.7 Å². The Balaban J connectivity index is 1.49. The molecule has 0 amide bonds. The lowest BCUT2D eigenvalue weighted by Crippen LogP contribution is -1.99. The van der Waals surface area contributed by atoms with Crippen LogP contribution in [0.4, 0.5) is 10.8 Å². The number of hydrogen-bond acceptors (Lipinski definition) is 9. The van der Waals surface area contributed by atoms with Crippen molar-refractivity contribution in [1.29, 1.82) is 0 Å². The van der Waals surface area contributed by atoms with E-state index in [-0.39, 0.29) is 5.75 Å². The Morgan fingerprint density at radius 1 is 1.21 bits per heavy atom. The number of benzene rings is 2. The Hall–Kier alpha value is -3.04. The van der Waals surface area contributed by atoms with Gasteiger partial charge in [-0.05, 0) is 36.8 Å². The van der Waals surface area contributed by atoms with Gasteiger partial charge in [0, 0.05) is 23.3 Å². The van der Waals surface area contributed by atoms with Crippen LogP contribution in [0.25, 0.3) is 11.0 Å². The number of nitrogens with zero attached hydrogens (tertiary/aromatic N) is 2. The zero-order valence-corrected chi connectivity index (χ0v) is 17.0. The van der Waals surface area contributed by atoms with Crippen molar-refractivity contribution in [2.24, 2.45) is 0 Å². The Labute approximate surface area is 174 Å². The Kier molecular flexibility index (Phi) is 5.68. The number of ether oxygens (including phenoxy) is 1. The number of fused-ring (bicyclic) bond motifs is 1.